The molecule has 0 aliphatic rings. The maximum Gasteiger partial charge on any atom is 0.257 e. The summed E-state index contributed by atoms with van der Waals surface area (Å²) in [7, 11) is 0. The van der Waals surface area contributed by atoms with Gasteiger partial charge in [0.1, 0.15) is 23.9 Å². The van der Waals surface area contributed by atoms with E-state index in [2.05, 4.69) is 22.9 Å². The first-order valence-corrected chi connectivity index (χ1v) is 10.8. The lowest BCUT2D eigenvalue weighted by Crippen LogP contribution is -2.31. The molecule has 0 fully saturated rings. The second kappa shape index (κ2) is 10.5. The molecule has 0 saturated heterocycles. The van der Waals surface area contributed by atoms with Gasteiger partial charge in [0.25, 0.3) is 5.91 Å². The Labute approximate surface area is 187 Å². The summed E-state index contributed by atoms with van der Waals surface area (Å²) in [6, 6.07) is 25.4. The summed E-state index contributed by atoms with van der Waals surface area (Å²) in [6.07, 6.45) is 0.621. The molecule has 0 unspecified atom stereocenters. The number of rotatable bonds is 10. The van der Waals surface area contributed by atoms with Gasteiger partial charge in [0, 0.05) is 13.0 Å². The minimum atomic E-state index is -0.154. The van der Waals surface area contributed by atoms with Crippen molar-refractivity contribution in [2.24, 2.45) is 0 Å². The van der Waals surface area contributed by atoms with Crippen LogP contribution in [0.3, 0.4) is 0 Å². The zero-order valence-corrected chi connectivity index (χ0v) is 18.2. The number of imidazole rings is 1. The van der Waals surface area contributed by atoms with E-state index in [1.807, 2.05) is 72.8 Å². The van der Waals surface area contributed by atoms with Gasteiger partial charge in [0.15, 0.2) is 6.61 Å². The largest absolute Gasteiger partial charge is 0.492 e. The van der Waals surface area contributed by atoms with Crippen LogP contribution in [0.2, 0.25) is 0 Å². The van der Waals surface area contributed by atoms with E-state index < -0.39 is 0 Å². The minimum absolute atomic E-state index is 0.00911. The van der Waals surface area contributed by atoms with Crippen LogP contribution in [-0.4, -0.2) is 35.2 Å². The highest BCUT2D eigenvalue weighted by molar-refractivity contribution is 5.77. The third kappa shape index (κ3) is 5.66. The first-order chi connectivity index (χ1) is 15.7. The molecular formula is C26H27N3O3. The molecule has 0 aliphatic carbocycles. The summed E-state index contributed by atoms with van der Waals surface area (Å²) in [4.78, 5) is 16.9. The third-order valence-electron chi connectivity index (χ3n) is 5.12. The van der Waals surface area contributed by atoms with Crippen LogP contribution in [0, 0.1) is 6.92 Å². The number of aryl methyl sites for hydroxylation is 1. The molecule has 1 heterocycles. The van der Waals surface area contributed by atoms with Gasteiger partial charge in [-0.15, -0.1) is 0 Å². The number of nitrogens with zero attached hydrogens (tertiary/aromatic N) is 2. The molecule has 0 atom stereocenters. The summed E-state index contributed by atoms with van der Waals surface area (Å²) in [6.45, 7) is 3.74. The van der Waals surface area contributed by atoms with E-state index in [1.54, 1.807) is 0 Å². The van der Waals surface area contributed by atoms with E-state index in [9.17, 15) is 4.79 Å². The van der Waals surface area contributed by atoms with Crippen LogP contribution in [0.25, 0.3) is 11.0 Å². The highest BCUT2D eigenvalue weighted by Crippen LogP contribution is 2.17. The average Bonchev–Trinajstić information content (AvgIpc) is 3.17. The maximum atomic E-state index is 12.1. The van der Waals surface area contributed by atoms with Crippen LogP contribution in [-0.2, 0) is 17.8 Å². The van der Waals surface area contributed by atoms with E-state index in [0.29, 0.717) is 31.9 Å². The molecule has 0 radical (unpaired) electrons. The second-order valence-corrected chi connectivity index (χ2v) is 7.53. The fourth-order valence-electron chi connectivity index (χ4n) is 3.49. The number of ether oxygens (including phenoxy) is 2. The maximum absolute atomic E-state index is 12.1. The van der Waals surface area contributed by atoms with E-state index in [0.717, 1.165) is 22.6 Å². The number of amides is 1. The SMILES string of the molecule is Cc1ccc(OCCn2c(CCNC(=O)COc3ccccc3)nc3ccccc32)cc1. The summed E-state index contributed by atoms with van der Waals surface area (Å²) in [5.41, 5.74) is 3.21. The Kier molecular flexibility index (Phi) is 7.02. The minimum Gasteiger partial charge on any atom is -0.492 e. The fourth-order valence-corrected chi connectivity index (χ4v) is 3.49. The zero-order valence-electron chi connectivity index (χ0n) is 18.2. The Balaban J connectivity index is 1.33. The van der Waals surface area contributed by atoms with Gasteiger partial charge >= 0.3 is 0 Å². The number of aromatic nitrogens is 2. The zero-order chi connectivity index (χ0) is 22.2. The molecule has 0 bridgehead atoms. The molecule has 32 heavy (non-hydrogen) atoms. The highest BCUT2D eigenvalue weighted by Gasteiger charge is 2.11. The number of para-hydroxylation sites is 3. The van der Waals surface area contributed by atoms with Crippen molar-refractivity contribution in [2.45, 2.75) is 19.9 Å². The van der Waals surface area contributed by atoms with Crippen LogP contribution in [0.4, 0.5) is 0 Å². The molecule has 0 saturated carbocycles. The molecule has 3 aromatic carbocycles. The van der Waals surface area contributed by atoms with Crippen molar-refractivity contribution >= 4 is 16.9 Å². The molecule has 1 N–H and O–H groups in total. The van der Waals surface area contributed by atoms with E-state index in [1.165, 1.54) is 5.56 Å². The van der Waals surface area contributed by atoms with Gasteiger partial charge in [-0.05, 0) is 43.3 Å². The van der Waals surface area contributed by atoms with Crippen molar-refractivity contribution < 1.29 is 14.3 Å². The van der Waals surface area contributed by atoms with E-state index in [-0.39, 0.29) is 12.5 Å². The van der Waals surface area contributed by atoms with Crippen LogP contribution < -0.4 is 14.8 Å². The average molecular weight is 430 g/mol. The molecule has 1 aromatic heterocycles. The van der Waals surface area contributed by atoms with Crippen molar-refractivity contribution in [3.05, 3.63) is 90.3 Å². The van der Waals surface area contributed by atoms with Gasteiger partial charge < -0.3 is 19.4 Å². The van der Waals surface area contributed by atoms with Gasteiger partial charge in [0.2, 0.25) is 0 Å². The molecule has 4 rings (SSSR count). The van der Waals surface area contributed by atoms with Crippen LogP contribution in [0.1, 0.15) is 11.4 Å². The second-order valence-electron chi connectivity index (χ2n) is 7.53. The fraction of sp³-hybridized carbons (Fsp3) is 0.231. The van der Waals surface area contributed by atoms with E-state index in [4.69, 9.17) is 14.5 Å². The van der Waals surface area contributed by atoms with Gasteiger partial charge in [-0.1, -0.05) is 48.0 Å². The Bertz CT molecular complexity index is 1150. The Hall–Kier alpha value is -3.80. The van der Waals surface area contributed by atoms with Gasteiger partial charge in [-0.2, -0.15) is 0 Å². The van der Waals surface area contributed by atoms with Crippen molar-refractivity contribution in [3.8, 4) is 11.5 Å². The summed E-state index contributed by atoms with van der Waals surface area (Å²) in [5.74, 6) is 2.30. The number of carbonyl (C=O) groups excluding carboxylic acids is 1. The normalized spacial score (nSPS) is 10.8. The lowest BCUT2D eigenvalue weighted by molar-refractivity contribution is -0.123. The number of nitrogens with one attached hydrogen (secondary N) is 1. The first-order valence-electron chi connectivity index (χ1n) is 10.8. The number of carbonyl (C=O) groups is 1. The molecule has 1 amide bonds. The lowest BCUT2D eigenvalue weighted by atomic mass is 10.2. The number of hydrogen-bond donors (Lipinski definition) is 1. The summed E-state index contributed by atoms with van der Waals surface area (Å²) >= 11 is 0. The van der Waals surface area contributed by atoms with Crippen LogP contribution in [0.5, 0.6) is 11.5 Å². The monoisotopic (exact) mass is 429 g/mol. The van der Waals surface area contributed by atoms with Crippen molar-refractivity contribution in [1.29, 1.82) is 0 Å². The smallest absolute Gasteiger partial charge is 0.257 e. The van der Waals surface area contributed by atoms with Crippen molar-refractivity contribution in [3.63, 3.8) is 0 Å². The van der Waals surface area contributed by atoms with Gasteiger partial charge in [-0.25, -0.2) is 4.98 Å². The molecule has 0 spiro atoms. The van der Waals surface area contributed by atoms with Gasteiger partial charge in [0.05, 0.1) is 17.6 Å². The standard InChI is InChI=1S/C26H27N3O3/c1-20-11-13-22(14-12-20)31-18-17-29-24-10-6-5-9-23(24)28-25(29)15-16-27-26(30)19-32-21-7-3-2-4-8-21/h2-14H,15-19H2,1H3,(H,27,30). The van der Waals surface area contributed by atoms with Gasteiger partial charge in [-0.3, -0.25) is 4.79 Å². The third-order valence-corrected chi connectivity index (χ3v) is 5.12. The predicted octanol–water partition coefficient (Wildman–Crippen LogP) is 4.16. The Morgan fingerprint density at radius 2 is 1.62 bits per heavy atom. The quantitative estimate of drug-likeness (QED) is 0.411. The number of benzene rings is 3. The topological polar surface area (TPSA) is 65.4 Å². The van der Waals surface area contributed by atoms with E-state index >= 15 is 0 Å². The molecule has 4 aromatic rings. The molecule has 6 nitrogen and oxygen atoms in total. The molecule has 0 aliphatic heterocycles. The number of hydrogen-bond acceptors (Lipinski definition) is 4. The highest BCUT2D eigenvalue weighted by atomic mass is 16.5. The van der Waals surface area contributed by atoms with Crippen LogP contribution in [0.15, 0.2) is 78.9 Å². The van der Waals surface area contributed by atoms with Crippen molar-refractivity contribution in [1.82, 2.24) is 14.9 Å². The Morgan fingerprint density at radius 3 is 2.44 bits per heavy atom. The molecule has 164 valence electrons. The first kappa shape index (κ1) is 21.4. The van der Waals surface area contributed by atoms with Crippen LogP contribution >= 0.6 is 0 Å². The van der Waals surface area contributed by atoms with Crippen molar-refractivity contribution in [2.75, 3.05) is 19.8 Å². The number of fused-ring (bicyclic) bond motifs is 1. The summed E-state index contributed by atoms with van der Waals surface area (Å²) < 4.78 is 13.6. The molecule has 6 heteroatoms. The summed E-state index contributed by atoms with van der Waals surface area (Å²) in [5, 5.41) is 2.91. The molecular weight excluding hydrogens is 402 g/mol. The predicted molar refractivity (Wildman–Crippen MR) is 125 cm³/mol. The Morgan fingerprint density at radius 1 is 0.906 bits per heavy atom. The lowest BCUT2D eigenvalue weighted by Gasteiger charge is -2.12.